The number of alkyl halides is 2. The molecule has 0 radical (unpaired) electrons. The fraction of sp³-hybridized carbons (Fsp3) is 0.650. The van der Waals surface area contributed by atoms with Gasteiger partial charge in [0.2, 0.25) is 11.8 Å². The number of aromatic nitrogens is 1. The van der Waals surface area contributed by atoms with Gasteiger partial charge in [-0.1, -0.05) is 0 Å². The van der Waals surface area contributed by atoms with Crippen molar-refractivity contribution in [3.05, 3.63) is 17.8 Å². The summed E-state index contributed by atoms with van der Waals surface area (Å²) in [4.78, 5) is 30.4. The SMILES string of the molecule is NC(=O)CC1(NC(=O)c2ccc(N3CC(F)(F)C3)c(OCC3CC3)n2)CCSCC1. The van der Waals surface area contributed by atoms with Crippen molar-refractivity contribution >= 4 is 29.3 Å². The second-order valence-corrected chi connectivity index (χ2v) is 9.70. The molecule has 0 unspecified atom stereocenters. The average Bonchev–Trinajstić information content (AvgIpc) is 3.48. The van der Waals surface area contributed by atoms with E-state index < -0.39 is 23.3 Å². The van der Waals surface area contributed by atoms with Crippen molar-refractivity contribution in [2.75, 3.05) is 36.1 Å². The zero-order chi connectivity index (χ0) is 21.4. The monoisotopic (exact) mass is 440 g/mol. The summed E-state index contributed by atoms with van der Waals surface area (Å²) in [5.41, 5.74) is 5.35. The van der Waals surface area contributed by atoms with E-state index in [4.69, 9.17) is 10.5 Å². The number of hydrogen-bond donors (Lipinski definition) is 2. The smallest absolute Gasteiger partial charge is 0.282 e. The van der Waals surface area contributed by atoms with Gasteiger partial charge in [-0.2, -0.15) is 11.8 Å². The van der Waals surface area contributed by atoms with Crippen LogP contribution in [0.15, 0.2) is 12.1 Å². The maximum atomic E-state index is 13.3. The zero-order valence-corrected chi connectivity index (χ0v) is 17.5. The molecule has 0 bridgehead atoms. The Kier molecular flexibility index (Phi) is 5.78. The Labute approximate surface area is 178 Å². The lowest BCUT2D eigenvalue weighted by Gasteiger charge is -2.40. The lowest BCUT2D eigenvalue weighted by Crippen LogP contribution is -2.56. The first-order valence-corrected chi connectivity index (χ1v) is 11.4. The van der Waals surface area contributed by atoms with Crippen molar-refractivity contribution in [2.24, 2.45) is 11.7 Å². The summed E-state index contributed by atoms with van der Waals surface area (Å²) in [6.45, 7) is -0.322. The number of nitrogens with one attached hydrogen (secondary N) is 1. The van der Waals surface area contributed by atoms with Crippen LogP contribution < -0.4 is 20.7 Å². The summed E-state index contributed by atoms with van der Waals surface area (Å²) in [7, 11) is 0. The van der Waals surface area contributed by atoms with Crippen LogP contribution in [0.25, 0.3) is 0 Å². The van der Waals surface area contributed by atoms with Gasteiger partial charge in [-0.05, 0) is 55.2 Å². The van der Waals surface area contributed by atoms with Crippen LogP contribution >= 0.6 is 11.8 Å². The molecule has 1 saturated carbocycles. The van der Waals surface area contributed by atoms with Gasteiger partial charge in [0.05, 0.1) is 25.2 Å². The molecular formula is C20H26F2N4O3S. The highest BCUT2D eigenvalue weighted by atomic mass is 32.2. The van der Waals surface area contributed by atoms with Crippen molar-refractivity contribution in [2.45, 2.75) is 43.6 Å². The Balaban J connectivity index is 1.52. The van der Waals surface area contributed by atoms with Gasteiger partial charge in [-0.25, -0.2) is 13.8 Å². The summed E-state index contributed by atoms with van der Waals surface area (Å²) in [6.07, 6.45) is 3.53. The predicted molar refractivity (Wildman–Crippen MR) is 110 cm³/mol. The molecule has 4 rings (SSSR count). The fourth-order valence-electron chi connectivity index (χ4n) is 3.82. The molecule has 1 aromatic heterocycles. The number of nitrogens with zero attached hydrogens (tertiary/aromatic N) is 2. The Morgan fingerprint density at radius 2 is 1.97 bits per heavy atom. The van der Waals surface area contributed by atoms with Gasteiger partial charge in [0.1, 0.15) is 11.4 Å². The normalized spacial score (nSPS) is 22.1. The molecule has 0 atom stereocenters. The lowest BCUT2D eigenvalue weighted by atomic mass is 9.88. The quantitative estimate of drug-likeness (QED) is 0.643. The summed E-state index contributed by atoms with van der Waals surface area (Å²) >= 11 is 1.77. The standard InChI is InChI=1S/C20H26F2N4O3S/c21-20(22)11-26(12-20)15-4-3-14(24-18(15)29-10-13-1-2-13)17(28)25-19(9-16(23)27)5-7-30-8-6-19/h3-4,13H,1-2,5-12H2,(H2,23,27)(H,25,28). The van der Waals surface area contributed by atoms with Crippen LogP contribution in [0.5, 0.6) is 5.88 Å². The molecule has 3 fully saturated rings. The van der Waals surface area contributed by atoms with Gasteiger partial charge in [-0.15, -0.1) is 0 Å². The van der Waals surface area contributed by atoms with Crippen LogP contribution in [0.1, 0.15) is 42.6 Å². The van der Waals surface area contributed by atoms with Gasteiger partial charge < -0.3 is 20.7 Å². The number of nitrogens with two attached hydrogens (primary N) is 1. The number of carbonyl (C=O) groups is 2. The Morgan fingerprint density at radius 1 is 1.27 bits per heavy atom. The molecule has 10 heteroatoms. The predicted octanol–water partition coefficient (Wildman–Crippen LogP) is 2.20. The summed E-state index contributed by atoms with van der Waals surface area (Å²) in [6, 6.07) is 3.12. The third-order valence-corrected chi connectivity index (χ3v) is 6.74. The number of amides is 2. The molecule has 3 aliphatic rings. The van der Waals surface area contributed by atoms with Gasteiger partial charge in [0, 0.05) is 6.42 Å². The largest absolute Gasteiger partial charge is 0.476 e. The number of pyridine rings is 1. The molecule has 7 nitrogen and oxygen atoms in total. The zero-order valence-electron chi connectivity index (χ0n) is 16.7. The molecule has 1 aliphatic carbocycles. The topological polar surface area (TPSA) is 97.5 Å². The van der Waals surface area contributed by atoms with Crippen LogP contribution in [-0.4, -0.2) is 59.5 Å². The molecule has 30 heavy (non-hydrogen) atoms. The number of thioether (sulfide) groups is 1. The van der Waals surface area contributed by atoms with Crippen LogP contribution in [0.3, 0.4) is 0 Å². The van der Waals surface area contributed by atoms with Crippen molar-refractivity contribution in [3.63, 3.8) is 0 Å². The Hall–Kier alpha value is -2.10. The first-order chi connectivity index (χ1) is 14.3. The molecule has 3 heterocycles. The molecule has 164 valence electrons. The Bertz CT molecular complexity index is 820. The van der Waals surface area contributed by atoms with E-state index in [0.717, 1.165) is 24.3 Å². The third-order valence-electron chi connectivity index (χ3n) is 5.75. The number of halogens is 2. The highest BCUT2D eigenvalue weighted by Gasteiger charge is 2.45. The van der Waals surface area contributed by atoms with E-state index in [2.05, 4.69) is 10.3 Å². The van der Waals surface area contributed by atoms with Crippen LogP contribution in [-0.2, 0) is 4.79 Å². The molecular weight excluding hydrogens is 414 g/mol. The van der Waals surface area contributed by atoms with Gasteiger partial charge in [-0.3, -0.25) is 9.59 Å². The minimum absolute atomic E-state index is 0.0747. The van der Waals surface area contributed by atoms with Crippen molar-refractivity contribution < 1.29 is 23.1 Å². The van der Waals surface area contributed by atoms with Crippen LogP contribution in [0.4, 0.5) is 14.5 Å². The van der Waals surface area contributed by atoms with Crippen molar-refractivity contribution in [1.29, 1.82) is 0 Å². The molecule has 2 amide bonds. The number of rotatable bonds is 8. The molecule has 1 aromatic rings. The Morgan fingerprint density at radius 3 is 2.57 bits per heavy atom. The number of primary amides is 1. The third kappa shape index (κ3) is 4.96. The molecule has 2 saturated heterocycles. The van der Waals surface area contributed by atoms with Crippen LogP contribution in [0.2, 0.25) is 0 Å². The molecule has 0 spiro atoms. The number of ether oxygens (including phenoxy) is 1. The second kappa shape index (κ2) is 8.20. The van der Waals surface area contributed by atoms with Crippen LogP contribution in [0, 0.1) is 5.92 Å². The van der Waals surface area contributed by atoms with E-state index in [9.17, 15) is 18.4 Å². The number of carbonyl (C=O) groups excluding carboxylic acids is 2. The second-order valence-electron chi connectivity index (χ2n) is 8.48. The highest BCUT2D eigenvalue weighted by molar-refractivity contribution is 7.99. The number of anilines is 1. The fourth-order valence-corrected chi connectivity index (χ4v) is 5.09. The van der Waals surface area contributed by atoms with E-state index in [1.807, 2.05) is 0 Å². The van der Waals surface area contributed by atoms with Gasteiger partial charge in [0.15, 0.2) is 0 Å². The first-order valence-electron chi connectivity index (χ1n) is 10.2. The van der Waals surface area contributed by atoms with E-state index >= 15 is 0 Å². The number of hydrogen-bond acceptors (Lipinski definition) is 6. The average molecular weight is 441 g/mol. The highest BCUT2D eigenvalue weighted by Crippen LogP contribution is 2.38. The van der Waals surface area contributed by atoms with E-state index in [-0.39, 0.29) is 31.1 Å². The first kappa shape index (κ1) is 21.1. The van der Waals surface area contributed by atoms with Crippen molar-refractivity contribution in [1.82, 2.24) is 10.3 Å². The minimum atomic E-state index is -2.72. The minimum Gasteiger partial charge on any atom is -0.476 e. The maximum absolute atomic E-state index is 13.3. The lowest BCUT2D eigenvalue weighted by molar-refractivity contribution is -0.119. The molecule has 0 aromatic carbocycles. The summed E-state index contributed by atoms with van der Waals surface area (Å²) < 4.78 is 32.5. The van der Waals surface area contributed by atoms with Gasteiger partial charge >= 0.3 is 0 Å². The molecule has 3 N–H and O–H groups in total. The van der Waals surface area contributed by atoms with E-state index in [0.29, 0.717) is 31.1 Å². The van der Waals surface area contributed by atoms with Gasteiger partial charge in [0.25, 0.3) is 11.8 Å². The van der Waals surface area contributed by atoms with E-state index in [1.54, 1.807) is 17.8 Å². The summed E-state index contributed by atoms with van der Waals surface area (Å²) in [5, 5.41) is 2.97. The summed E-state index contributed by atoms with van der Waals surface area (Å²) in [5.74, 6) is -1.28. The maximum Gasteiger partial charge on any atom is 0.282 e. The molecule has 2 aliphatic heterocycles. The van der Waals surface area contributed by atoms with Crippen molar-refractivity contribution in [3.8, 4) is 5.88 Å². The van der Waals surface area contributed by atoms with E-state index in [1.165, 1.54) is 11.0 Å².